The Balaban J connectivity index is 1.36. The first-order valence-electron chi connectivity index (χ1n) is 11.0. The molecule has 0 radical (unpaired) electrons. The largest absolute Gasteiger partial charge is 0.385 e. The summed E-state index contributed by atoms with van der Waals surface area (Å²) in [5.41, 5.74) is 8.56. The van der Waals surface area contributed by atoms with Gasteiger partial charge in [0.1, 0.15) is 0 Å². The predicted octanol–water partition coefficient (Wildman–Crippen LogP) is 6.68. The van der Waals surface area contributed by atoms with Crippen molar-refractivity contribution < 1.29 is 0 Å². The molecular weight excluding hydrogens is 384 g/mol. The van der Waals surface area contributed by atoms with Gasteiger partial charge < -0.3 is 5.32 Å². The molecule has 1 N–H and O–H groups in total. The molecule has 0 spiro atoms. The maximum atomic E-state index is 3.38. The van der Waals surface area contributed by atoms with Crippen molar-refractivity contribution in [2.45, 2.75) is 36.1 Å². The molecule has 2 heterocycles. The molecule has 3 heteroatoms. The third kappa shape index (κ3) is 3.92. The van der Waals surface area contributed by atoms with Crippen LogP contribution in [0.3, 0.4) is 0 Å². The van der Waals surface area contributed by atoms with E-state index in [0.29, 0.717) is 0 Å². The van der Waals surface area contributed by atoms with Crippen molar-refractivity contribution in [2.75, 3.05) is 25.0 Å². The summed E-state index contributed by atoms with van der Waals surface area (Å²) in [6, 6.07) is 26.7. The van der Waals surface area contributed by atoms with Gasteiger partial charge in [-0.25, -0.2) is 0 Å². The van der Waals surface area contributed by atoms with Gasteiger partial charge in [0, 0.05) is 41.7 Å². The first-order chi connectivity index (χ1) is 14.8. The van der Waals surface area contributed by atoms with E-state index in [4.69, 9.17) is 0 Å². The molecule has 0 atom stereocenters. The fourth-order valence-electron chi connectivity index (χ4n) is 4.59. The maximum Gasteiger partial charge on any atom is 0.0340 e. The molecule has 0 aliphatic carbocycles. The Morgan fingerprint density at radius 2 is 1.40 bits per heavy atom. The Hall–Kier alpha value is -2.49. The van der Waals surface area contributed by atoms with Crippen LogP contribution in [0.25, 0.3) is 5.57 Å². The Labute approximate surface area is 184 Å². The van der Waals surface area contributed by atoms with Crippen LogP contribution in [0.2, 0.25) is 0 Å². The minimum absolute atomic E-state index is 0.966. The van der Waals surface area contributed by atoms with Crippen LogP contribution in [0.15, 0.2) is 88.2 Å². The normalized spacial score (nSPS) is 16.2. The van der Waals surface area contributed by atoms with Gasteiger partial charge in [0.05, 0.1) is 0 Å². The van der Waals surface area contributed by atoms with Crippen LogP contribution in [-0.2, 0) is 6.54 Å². The van der Waals surface area contributed by atoms with E-state index in [2.05, 4.69) is 89.9 Å². The number of benzene rings is 3. The SMILES string of the molecule is CCNc1ccc(CN2CCC(=C3c4ccccc4Sc4ccccc43)CC2)cc1. The minimum Gasteiger partial charge on any atom is -0.385 e. The van der Waals surface area contributed by atoms with E-state index >= 15 is 0 Å². The number of anilines is 1. The maximum absolute atomic E-state index is 3.38. The quantitative estimate of drug-likeness (QED) is 0.402. The Morgan fingerprint density at radius 3 is 2.00 bits per heavy atom. The van der Waals surface area contributed by atoms with Crippen molar-refractivity contribution in [3.63, 3.8) is 0 Å². The second kappa shape index (κ2) is 8.71. The third-order valence-electron chi connectivity index (χ3n) is 6.09. The number of nitrogens with zero attached hydrogens (tertiary/aromatic N) is 1. The van der Waals surface area contributed by atoms with Crippen molar-refractivity contribution in [3.05, 3.63) is 95.1 Å². The molecule has 2 nitrogen and oxygen atoms in total. The number of rotatable bonds is 4. The third-order valence-corrected chi connectivity index (χ3v) is 7.24. The second-order valence-electron chi connectivity index (χ2n) is 8.08. The van der Waals surface area contributed by atoms with E-state index in [1.807, 2.05) is 11.8 Å². The lowest BCUT2D eigenvalue weighted by Crippen LogP contribution is -2.30. The number of hydrogen-bond acceptors (Lipinski definition) is 3. The molecule has 5 rings (SSSR count). The van der Waals surface area contributed by atoms with Gasteiger partial charge >= 0.3 is 0 Å². The second-order valence-corrected chi connectivity index (χ2v) is 9.16. The number of fused-ring (bicyclic) bond motifs is 2. The molecule has 0 amide bonds. The van der Waals surface area contributed by atoms with E-state index < -0.39 is 0 Å². The molecule has 0 bridgehead atoms. The zero-order valence-corrected chi connectivity index (χ0v) is 18.3. The van der Waals surface area contributed by atoms with Gasteiger partial charge in [-0.3, -0.25) is 4.90 Å². The topological polar surface area (TPSA) is 15.3 Å². The fourth-order valence-corrected chi connectivity index (χ4v) is 5.68. The summed E-state index contributed by atoms with van der Waals surface area (Å²) < 4.78 is 0. The van der Waals surface area contributed by atoms with Crippen molar-refractivity contribution in [2.24, 2.45) is 0 Å². The highest BCUT2D eigenvalue weighted by Gasteiger charge is 2.25. The molecule has 3 aromatic rings. The van der Waals surface area contributed by atoms with E-state index in [0.717, 1.165) is 39.0 Å². The highest BCUT2D eigenvalue weighted by Crippen LogP contribution is 2.47. The minimum atomic E-state index is 0.966. The van der Waals surface area contributed by atoms with Gasteiger partial charge in [0.25, 0.3) is 0 Å². The van der Waals surface area contributed by atoms with Crippen molar-refractivity contribution in [3.8, 4) is 0 Å². The predicted molar refractivity (Wildman–Crippen MR) is 128 cm³/mol. The lowest BCUT2D eigenvalue weighted by molar-refractivity contribution is 0.248. The van der Waals surface area contributed by atoms with Gasteiger partial charge in [0.15, 0.2) is 0 Å². The molecular formula is C27H28N2S. The molecule has 1 saturated heterocycles. The number of likely N-dealkylation sites (tertiary alicyclic amines) is 1. The summed E-state index contributed by atoms with van der Waals surface area (Å²) in [7, 11) is 0. The van der Waals surface area contributed by atoms with E-state index in [1.54, 1.807) is 5.57 Å². The van der Waals surface area contributed by atoms with Crippen LogP contribution in [-0.4, -0.2) is 24.5 Å². The molecule has 1 fully saturated rings. The van der Waals surface area contributed by atoms with Gasteiger partial charge in [-0.1, -0.05) is 65.9 Å². The number of piperidine rings is 1. The van der Waals surface area contributed by atoms with Gasteiger partial charge in [-0.15, -0.1) is 0 Å². The van der Waals surface area contributed by atoms with Gasteiger partial charge in [-0.2, -0.15) is 0 Å². The summed E-state index contributed by atoms with van der Waals surface area (Å²) in [4.78, 5) is 5.38. The number of nitrogens with one attached hydrogen (secondary N) is 1. The molecule has 0 unspecified atom stereocenters. The van der Waals surface area contributed by atoms with Crippen LogP contribution < -0.4 is 5.32 Å². The summed E-state index contributed by atoms with van der Waals surface area (Å²) in [6.07, 6.45) is 2.30. The van der Waals surface area contributed by atoms with Crippen LogP contribution >= 0.6 is 11.8 Å². The highest BCUT2D eigenvalue weighted by molar-refractivity contribution is 7.99. The van der Waals surface area contributed by atoms with Gasteiger partial charge in [-0.05, 0) is 66.3 Å². The smallest absolute Gasteiger partial charge is 0.0340 e. The first-order valence-corrected chi connectivity index (χ1v) is 11.8. The van der Waals surface area contributed by atoms with E-state index in [-0.39, 0.29) is 0 Å². The molecule has 0 aromatic heterocycles. The monoisotopic (exact) mass is 412 g/mol. The standard InChI is InChI=1S/C27H28N2S/c1-2-28-22-13-11-20(12-14-22)19-29-17-15-21(16-18-29)27-23-7-3-5-9-25(23)30-26-10-6-4-8-24(26)27/h3-14,28H,2,15-19H2,1H3. The fraction of sp³-hybridized carbons (Fsp3) is 0.259. The summed E-state index contributed by atoms with van der Waals surface area (Å²) in [5.74, 6) is 0. The van der Waals surface area contributed by atoms with E-state index in [1.165, 1.54) is 37.7 Å². The van der Waals surface area contributed by atoms with Crippen molar-refractivity contribution >= 4 is 23.0 Å². The Morgan fingerprint density at radius 1 is 0.800 bits per heavy atom. The average molecular weight is 413 g/mol. The first kappa shape index (κ1) is 19.5. The molecule has 30 heavy (non-hydrogen) atoms. The summed E-state index contributed by atoms with van der Waals surface area (Å²) >= 11 is 1.91. The molecule has 152 valence electrons. The van der Waals surface area contributed by atoms with Crippen LogP contribution in [0.1, 0.15) is 36.5 Å². The van der Waals surface area contributed by atoms with Crippen LogP contribution in [0, 0.1) is 0 Å². The summed E-state index contributed by atoms with van der Waals surface area (Å²) in [5, 5.41) is 3.38. The lowest BCUT2D eigenvalue weighted by atomic mass is 9.88. The molecule has 3 aromatic carbocycles. The average Bonchev–Trinajstić information content (AvgIpc) is 2.80. The van der Waals surface area contributed by atoms with Crippen molar-refractivity contribution in [1.82, 2.24) is 4.90 Å². The zero-order chi connectivity index (χ0) is 20.3. The van der Waals surface area contributed by atoms with E-state index in [9.17, 15) is 0 Å². The zero-order valence-electron chi connectivity index (χ0n) is 17.5. The molecule has 0 saturated carbocycles. The van der Waals surface area contributed by atoms with Crippen LogP contribution in [0.4, 0.5) is 5.69 Å². The molecule has 2 aliphatic heterocycles. The lowest BCUT2D eigenvalue weighted by Gasteiger charge is -2.32. The highest BCUT2D eigenvalue weighted by atomic mass is 32.2. The summed E-state index contributed by atoms with van der Waals surface area (Å²) in [6.45, 7) is 6.40. The molecule has 2 aliphatic rings. The van der Waals surface area contributed by atoms with Crippen LogP contribution in [0.5, 0.6) is 0 Å². The van der Waals surface area contributed by atoms with Gasteiger partial charge in [0.2, 0.25) is 0 Å². The Bertz CT molecular complexity index is 1010. The Kier molecular flexibility index (Phi) is 5.65. The number of hydrogen-bond donors (Lipinski definition) is 1. The van der Waals surface area contributed by atoms with Crippen molar-refractivity contribution in [1.29, 1.82) is 0 Å².